The van der Waals surface area contributed by atoms with Crippen LogP contribution in [-0.2, 0) is 0 Å². The lowest BCUT2D eigenvalue weighted by atomic mass is 9.93. The molecule has 1 aromatic heterocycles. The van der Waals surface area contributed by atoms with E-state index in [1.807, 2.05) is 0 Å². The smallest absolute Gasteiger partial charge is 0.405 e. The number of hydrogen-bond donors (Lipinski definition) is 1. The molecule has 1 amide bonds. The molecule has 7 heteroatoms. The van der Waals surface area contributed by atoms with Crippen molar-refractivity contribution in [2.75, 3.05) is 0 Å². The van der Waals surface area contributed by atoms with Crippen LogP contribution < -0.4 is 10.5 Å². The monoisotopic (exact) mass is 310 g/mol. The van der Waals surface area contributed by atoms with E-state index in [9.17, 15) is 18.0 Å². The fourth-order valence-corrected chi connectivity index (χ4v) is 2.17. The van der Waals surface area contributed by atoms with Crippen molar-refractivity contribution in [1.82, 2.24) is 4.98 Å². The second-order valence-electron chi connectivity index (χ2n) is 4.61. The van der Waals surface area contributed by atoms with Crippen LogP contribution in [-0.4, -0.2) is 17.3 Å². The van der Waals surface area contributed by atoms with Gasteiger partial charge >= 0.3 is 6.36 Å². The summed E-state index contributed by atoms with van der Waals surface area (Å²) < 4.78 is 41.5. The lowest BCUT2D eigenvalue weighted by molar-refractivity contribution is -0.274. The van der Waals surface area contributed by atoms with Crippen molar-refractivity contribution in [1.29, 1.82) is 0 Å². The summed E-state index contributed by atoms with van der Waals surface area (Å²) in [5.74, 6) is -1.62. The molecule has 0 spiro atoms. The Bertz CT molecular complexity index is 686. The van der Waals surface area contributed by atoms with E-state index in [-0.39, 0.29) is 16.9 Å². The number of primary amides is 1. The summed E-state index contributed by atoms with van der Waals surface area (Å²) in [6.45, 7) is 1.63. The molecule has 116 valence electrons. The number of pyridine rings is 1. The van der Waals surface area contributed by atoms with E-state index in [4.69, 9.17) is 5.73 Å². The molecule has 2 aromatic rings. The molecule has 4 nitrogen and oxygen atoms in total. The van der Waals surface area contributed by atoms with Crippen molar-refractivity contribution < 1.29 is 22.7 Å². The summed E-state index contributed by atoms with van der Waals surface area (Å²) >= 11 is 0. The van der Waals surface area contributed by atoms with Gasteiger partial charge in [0.15, 0.2) is 0 Å². The van der Waals surface area contributed by atoms with Gasteiger partial charge in [-0.3, -0.25) is 9.78 Å². The van der Waals surface area contributed by atoms with Crippen LogP contribution in [0.5, 0.6) is 5.75 Å². The van der Waals surface area contributed by atoms with Crippen LogP contribution in [0.15, 0.2) is 42.6 Å². The van der Waals surface area contributed by atoms with Gasteiger partial charge in [-0.15, -0.1) is 13.2 Å². The number of para-hydroxylation sites is 1. The molecule has 0 aliphatic rings. The third-order valence-corrected chi connectivity index (χ3v) is 3.13. The first kappa shape index (κ1) is 15.8. The number of carbonyl (C=O) groups is 1. The predicted octanol–water partition coefficient (Wildman–Crippen LogP) is 3.23. The zero-order valence-electron chi connectivity index (χ0n) is 11.6. The van der Waals surface area contributed by atoms with Crippen molar-refractivity contribution in [3.8, 4) is 5.75 Å². The second-order valence-corrected chi connectivity index (χ2v) is 4.61. The van der Waals surface area contributed by atoms with E-state index < -0.39 is 18.2 Å². The van der Waals surface area contributed by atoms with Crippen LogP contribution >= 0.6 is 0 Å². The van der Waals surface area contributed by atoms with Crippen LogP contribution in [0, 0.1) is 0 Å². The number of ether oxygens (including phenoxy) is 1. The van der Waals surface area contributed by atoms with Gasteiger partial charge in [-0.2, -0.15) is 0 Å². The minimum absolute atomic E-state index is 0.164. The van der Waals surface area contributed by atoms with Crippen molar-refractivity contribution in [3.05, 3.63) is 59.4 Å². The number of carbonyl (C=O) groups excluding carboxylic acids is 1. The first-order chi connectivity index (χ1) is 10.3. The maximum absolute atomic E-state index is 12.5. The van der Waals surface area contributed by atoms with Crippen LogP contribution in [0.4, 0.5) is 13.2 Å². The normalized spacial score (nSPS) is 12.7. The Kier molecular flexibility index (Phi) is 4.35. The highest BCUT2D eigenvalue weighted by Crippen LogP contribution is 2.34. The van der Waals surface area contributed by atoms with Gasteiger partial charge < -0.3 is 10.5 Å². The molecule has 0 bridgehead atoms. The SMILES string of the molecule is CC(c1ccccc1OC(F)(F)F)c1ncccc1C(N)=O. The van der Waals surface area contributed by atoms with Crippen LogP contribution in [0.25, 0.3) is 0 Å². The summed E-state index contributed by atoms with van der Waals surface area (Å²) in [7, 11) is 0. The van der Waals surface area contributed by atoms with E-state index in [1.54, 1.807) is 13.0 Å². The second kappa shape index (κ2) is 6.05. The van der Waals surface area contributed by atoms with Crippen LogP contribution in [0.1, 0.15) is 34.5 Å². The van der Waals surface area contributed by atoms with Crippen molar-refractivity contribution in [2.24, 2.45) is 5.73 Å². The van der Waals surface area contributed by atoms with Gasteiger partial charge in [0, 0.05) is 17.7 Å². The van der Waals surface area contributed by atoms with Gasteiger partial charge in [0.05, 0.1) is 11.3 Å². The van der Waals surface area contributed by atoms with E-state index in [0.717, 1.165) is 0 Å². The summed E-state index contributed by atoms with van der Waals surface area (Å²) in [5.41, 5.74) is 6.01. The number of aromatic nitrogens is 1. The number of alkyl halides is 3. The highest BCUT2D eigenvalue weighted by atomic mass is 19.4. The number of halogens is 3. The largest absolute Gasteiger partial charge is 0.573 e. The molecule has 0 saturated carbocycles. The molecule has 22 heavy (non-hydrogen) atoms. The first-order valence-corrected chi connectivity index (χ1v) is 6.39. The lowest BCUT2D eigenvalue weighted by Gasteiger charge is -2.18. The number of nitrogens with two attached hydrogens (primary N) is 1. The zero-order valence-corrected chi connectivity index (χ0v) is 11.6. The Hall–Kier alpha value is -2.57. The van der Waals surface area contributed by atoms with E-state index >= 15 is 0 Å². The van der Waals surface area contributed by atoms with Gasteiger partial charge in [0.2, 0.25) is 0 Å². The van der Waals surface area contributed by atoms with Gasteiger partial charge in [0.1, 0.15) is 5.75 Å². The zero-order chi connectivity index (χ0) is 16.3. The minimum atomic E-state index is -4.80. The number of benzene rings is 1. The number of rotatable bonds is 4. The van der Waals surface area contributed by atoms with Crippen molar-refractivity contribution in [2.45, 2.75) is 19.2 Å². The van der Waals surface area contributed by atoms with Crippen molar-refractivity contribution >= 4 is 5.91 Å². The third kappa shape index (κ3) is 3.55. The minimum Gasteiger partial charge on any atom is -0.405 e. The highest BCUT2D eigenvalue weighted by molar-refractivity contribution is 5.94. The fraction of sp³-hybridized carbons (Fsp3) is 0.200. The molecular formula is C15H13F3N2O2. The molecule has 1 unspecified atom stereocenters. The summed E-state index contributed by atoms with van der Waals surface area (Å²) in [6, 6.07) is 8.74. The van der Waals surface area contributed by atoms with E-state index in [0.29, 0.717) is 5.69 Å². The topological polar surface area (TPSA) is 65.2 Å². The summed E-state index contributed by atoms with van der Waals surface area (Å²) in [5, 5.41) is 0. The molecule has 0 aliphatic heterocycles. The number of amides is 1. The molecule has 2 rings (SSSR count). The molecule has 2 N–H and O–H groups in total. The Morgan fingerprint density at radius 1 is 1.23 bits per heavy atom. The standard InChI is InChI=1S/C15H13F3N2O2/c1-9(13-11(14(19)21)6-4-8-20-13)10-5-2-3-7-12(10)22-15(16,17)18/h2-9H,1H3,(H2,19,21). The Morgan fingerprint density at radius 3 is 2.55 bits per heavy atom. The van der Waals surface area contributed by atoms with Crippen LogP contribution in [0.3, 0.4) is 0 Å². The molecule has 0 saturated heterocycles. The summed E-state index contributed by atoms with van der Waals surface area (Å²) in [6.07, 6.45) is -3.35. The van der Waals surface area contributed by atoms with Gasteiger partial charge in [-0.05, 0) is 18.2 Å². The molecule has 1 atom stereocenters. The Labute approximate surface area is 124 Å². The lowest BCUT2D eigenvalue weighted by Crippen LogP contribution is -2.20. The van der Waals surface area contributed by atoms with Gasteiger partial charge in [-0.25, -0.2) is 0 Å². The predicted molar refractivity (Wildman–Crippen MR) is 73.4 cm³/mol. The Balaban J connectivity index is 2.47. The molecule has 0 radical (unpaired) electrons. The molecule has 0 fully saturated rings. The average Bonchev–Trinajstić information content (AvgIpc) is 2.45. The Morgan fingerprint density at radius 2 is 1.91 bits per heavy atom. The summed E-state index contributed by atoms with van der Waals surface area (Å²) in [4.78, 5) is 15.5. The first-order valence-electron chi connectivity index (χ1n) is 6.39. The molecule has 1 heterocycles. The van der Waals surface area contributed by atoms with E-state index in [2.05, 4.69) is 9.72 Å². The van der Waals surface area contributed by atoms with Crippen LogP contribution in [0.2, 0.25) is 0 Å². The van der Waals surface area contributed by atoms with E-state index in [1.165, 1.54) is 36.5 Å². The quantitative estimate of drug-likeness (QED) is 0.943. The maximum atomic E-state index is 12.5. The van der Waals surface area contributed by atoms with Gasteiger partial charge in [0.25, 0.3) is 5.91 Å². The fourth-order valence-electron chi connectivity index (χ4n) is 2.17. The average molecular weight is 310 g/mol. The number of hydrogen-bond acceptors (Lipinski definition) is 3. The molecule has 1 aromatic carbocycles. The number of nitrogens with zero attached hydrogens (tertiary/aromatic N) is 1. The molecule has 0 aliphatic carbocycles. The van der Waals surface area contributed by atoms with Gasteiger partial charge in [-0.1, -0.05) is 25.1 Å². The van der Waals surface area contributed by atoms with Crippen molar-refractivity contribution in [3.63, 3.8) is 0 Å². The third-order valence-electron chi connectivity index (χ3n) is 3.13. The highest BCUT2D eigenvalue weighted by Gasteiger charge is 2.33. The maximum Gasteiger partial charge on any atom is 0.573 e. The molecular weight excluding hydrogens is 297 g/mol.